The Morgan fingerprint density at radius 3 is 2.33 bits per heavy atom. The molecule has 3 aliphatic rings. The molecule has 3 aliphatic carbocycles. The molecule has 0 radical (unpaired) electrons. The molecule has 3 saturated carbocycles. The van der Waals surface area contributed by atoms with Gasteiger partial charge in [0.25, 0.3) is 0 Å². The molecule has 0 aliphatic heterocycles. The predicted molar refractivity (Wildman–Crippen MR) is 50.8 cm³/mol. The highest BCUT2D eigenvalue weighted by Gasteiger charge is 2.53. The van der Waals surface area contributed by atoms with Crippen molar-refractivity contribution in [2.45, 2.75) is 39.5 Å². The Hall–Kier alpha value is 0. The van der Waals surface area contributed by atoms with Crippen molar-refractivity contribution in [3.05, 3.63) is 0 Å². The zero-order valence-corrected chi connectivity index (χ0v) is 8.29. The van der Waals surface area contributed by atoms with Crippen molar-refractivity contribution in [3.63, 3.8) is 0 Å². The van der Waals surface area contributed by atoms with Gasteiger partial charge in [-0.25, -0.2) is 0 Å². The van der Waals surface area contributed by atoms with Gasteiger partial charge < -0.3 is 0 Å². The van der Waals surface area contributed by atoms with E-state index in [1.807, 2.05) is 0 Å². The van der Waals surface area contributed by atoms with Crippen LogP contribution >= 0.6 is 0 Å². The zero-order valence-electron chi connectivity index (χ0n) is 8.29. The minimum Gasteiger partial charge on any atom is -0.0625 e. The summed E-state index contributed by atoms with van der Waals surface area (Å²) < 4.78 is 0. The van der Waals surface area contributed by atoms with Crippen molar-refractivity contribution >= 4 is 0 Å². The monoisotopic (exact) mass is 164 g/mol. The molecule has 3 fully saturated rings. The molecular weight excluding hydrogens is 144 g/mol. The molecule has 2 bridgehead atoms. The SMILES string of the molecule is CC1CC2C3CC(C)C(C3)C2C1. The molecule has 0 nitrogen and oxygen atoms in total. The van der Waals surface area contributed by atoms with Gasteiger partial charge in [-0.3, -0.25) is 0 Å². The van der Waals surface area contributed by atoms with Gasteiger partial charge >= 0.3 is 0 Å². The van der Waals surface area contributed by atoms with E-state index in [4.69, 9.17) is 0 Å². The van der Waals surface area contributed by atoms with Crippen molar-refractivity contribution in [3.8, 4) is 0 Å². The second-order valence-electron chi connectivity index (χ2n) is 5.78. The fraction of sp³-hybridized carbons (Fsp3) is 1.00. The summed E-state index contributed by atoms with van der Waals surface area (Å²) in [6, 6.07) is 0. The van der Waals surface area contributed by atoms with Crippen molar-refractivity contribution in [1.29, 1.82) is 0 Å². The molecular formula is C12H20. The second-order valence-corrected chi connectivity index (χ2v) is 5.78. The van der Waals surface area contributed by atoms with Gasteiger partial charge in [-0.2, -0.15) is 0 Å². The lowest BCUT2D eigenvalue weighted by Gasteiger charge is -2.29. The topological polar surface area (TPSA) is 0 Å². The van der Waals surface area contributed by atoms with Gasteiger partial charge in [-0.05, 0) is 61.2 Å². The molecule has 0 heterocycles. The molecule has 0 amide bonds. The van der Waals surface area contributed by atoms with E-state index < -0.39 is 0 Å². The summed E-state index contributed by atoms with van der Waals surface area (Å²) in [5.74, 6) is 6.75. The summed E-state index contributed by atoms with van der Waals surface area (Å²) >= 11 is 0. The minimum atomic E-state index is 1.05. The van der Waals surface area contributed by atoms with Gasteiger partial charge in [0, 0.05) is 0 Å². The molecule has 0 saturated heterocycles. The largest absolute Gasteiger partial charge is 0.0625 e. The molecule has 0 spiro atoms. The van der Waals surface area contributed by atoms with Crippen LogP contribution in [0.5, 0.6) is 0 Å². The first kappa shape index (κ1) is 7.41. The van der Waals surface area contributed by atoms with E-state index in [1.165, 1.54) is 5.92 Å². The van der Waals surface area contributed by atoms with Crippen molar-refractivity contribution < 1.29 is 0 Å². The molecule has 6 atom stereocenters. The normalized spacial score (nSPS) is 62.5. The Morgan fingerprint density at radius 2 is 1.50 bits per heavy atom. The first-order chi connectivity index (χ1) is 5.75. The zero-order chi connectivity index (χ0) is 8.29. The lowest BCUT2D eigenvalue weighted by molar-refractivity contribution is 0.201. The fourth-order valence-electron chi connectivity index (χ4n) is 4.69. The summed E-state index contributed by atoms with van der Waals surface area (Å²) in [4.78, 5) is 0. The van der Waals surface area contributed by atoms with E-state index in [2.05, 4.69) is 13.8 Å². The Bertz CT molecular complexity index is 192. The van der Waals surface area contributed by atoms with Crippen LogP contribution in [0.1, 0.15) is 39.5 Å². The molecule has 0 aromatic carbocycles. The quantitative estimate of drug-likeness (QED) is 0.515. The summed E-state index contributed by atoms with van der Waals surface area (Å²) in [6.07, 6.45) is 6.30. The third-order valence-corrected chi connectivity index (χ3v) is 5.03. The maximum Gasteiger partial charge on any atom is -0.0349 e. The molecule has 3 rings (SSSR count). The average Bonchev–Trinajstić information content (AvgIpc) is 2.57. The van der Waals surface area contributed by atoms with Crippen LogP contribution in [0.2, 0.25) is 0 Å². The smallest absolute Gasteiger partial charge is 0.0349 e. The third kappa shape index (κ3) is 0.791. The number of hydrogen-bond acceptors (Lipinski definition) is 0. The molecule has 0 aromatic rings. The van der Waals surface area contributed by atoms with E-state index >= 15 is 0 Å². The maximum absolute atomic E-state index is 2.49. The molecule has 68 valence electrons. The molecule has 0 aromatic heterocycles. The summed E-state index contributed by atoms with van der Waals surface area (Å²) in [5, 5.41) is 0. The van der Waals surface area contributed by atoms with E-state index in [0.717, 1.165) is 29.6 Å². The van der Waals surface area contributed by atoms with Crippen LogP contribution in [0, 0.1) is 35.5 Å². The van der Waals surface area contributed by atoms with E-state index in [9.17, 15) is 0 Å². The van der Waals surface area contributed by atoms with Crippen molar-refractivity contribution in [2.24, 2.45) is 35.5 Å². The van der Waals surface area contributed by atoms with E-state index in [-0.39, 0.29) is 0 Å². The maximum atomic E-state index is 2.49. The van der Waals surface area contributed by atoms with Crippen LogP contribution in [-0.4, -0.2) is 0 Å². The van der Waals surface area contributed by atoms with Gasteiger partial charge in [-0.15, -0.1) is 0 Å². The van der Waals surface area contributed by atoms with Crippen LogP contribution < -0.4 is 0 Å². The summed E-state index contributed by atoms with van der Waals surface area (Å²) in [7, 11) is 0. The molecule has 6 unspecified atom stereocenters. The molecule has 0 heteroatoms. The van der Waals surface area contributed by atoms with Gasteiger partial charge in [0.2, 0.25) is 0 Å². The Kier molecular flexibility index (Phi) is 1.40. The van der Waals surface area contributed by atoms with Crippen molar-refractivity contribution in [2.75, 3.05) is 0 Å². The standard InChI is InChI=1S/C12H20/c1-7-3-11-9-5-8(2)10(6-9)12(11)4-7/h7-12H,3-6H2,1-2H3. The summed E-state index contributed by atoms with van der Waals surface area (Å²) in [6.45, 7) is 4.95. The Labute approximate surface area is 75.7 Å². The lowest BCUT2D eigenvalue weighted by Crippen LogP contribution is -2.22. The number of fused-ring (bicyclic) bond motifs is 5. The lowest BCUT2D eigenvalue weighted by atomic mass is 9.77. The average molecular weight is 164 g/mol. The van der Waals surface area contributed by atoms with Crippen LogP contribution in [0.25, 0.3) is 0 Å². The van der Waals surface area contributed by atoms with E-state index in [1.54, 1.807) is 25.7 Å². The van der Waals surface area contributed by atoms with Gasteiger partial charge in [0.05, 0.1) is 0 Å². The Morgan fingerprint density at radius 1 is 0.750 bits per heavy atom. The Balaban J connectivity index is 1.86. The van der Waals surface area contributed by atoms with Crippen LogP contribution in [0.15, 0.2) is 0 Å². The van der Waals surface area contributed by atoms with Gasteiger partial charge in [0.15, 0.2) is 0 Å². The van der Waals surface area contributed by atoms with E-state index in [0.29, 0.717) is 0 Å². The third-order valence-electron chi connectivity index (χ3n) is 5.03. The number of rotatable bonds is 0. The van der Waals surface area contributed by atoms with Gasteiger partial charge in [0.1, 0.15) is 0 Å². The van der Waals surface area contributed by atoms with Crippen molar-refractivity contribution in [1.82, 2.24) is 0 Å². The first-order valence-electron chi connectivity index (χ1n) is 5.75. The summed E-state index contributed by atoms with van der Waals surface area (Å²) in [5.41, 5.74) is 0. The first-order valence-corrected chi connectivity index (χ1v) is 5.75. The minimum absolute atomic E-state index is 1.05. The van der Waals surface area contributed by atoms with Gasteiger partial charge in [-0.1, -0.05) is 13.8 Å². The van der Waals surface area contributed by atoms with Crippen LogP contribution in [0.3, 0.4) is 0 Å². The highest BCUT2D eigenvalue weighted by molar-refractivity contribution is 5.02. The molecule has 0 N–H and O–H groups in total. The second kappa shape index (κ2) is 2.27. The predicted octanol–water partition coefficient (Wildman–Crippen LogP) is 3.32. The molecule has 12 heavy (non-hydrogen) atoms. The van der Waals surface area contributed by atoms with Crippen LogP contribution in [-0.2, 0) is 0 Å². The fourth-order valence-corrected chi connectivity index (χ4v) is 4.69. The highest BCUT2D eigenvalue weighted by atomic mass is 14.6. The van der Waals surface area contributed by atoms with Crippen LogP contribution in [0.4, 0.5) is 0 Å². The number of hydrogen-bond donors (Lipinski definition) is 0. The highest BCUT2D eigenvalue weighted by Crippen LogP contribution is 2.61.